The Morgan fingerprint density at radius 1 is 1.00 bits per heavy atom. The molecule has 0 aromatic heterocycles. The van der Waals surface area contributed by atoms with E-state index >= 15 is 0 Å². The normalized spacial score (nSPS) is 12.3. The third kappa shape index (κ3) is 4.46. The summed E-state index contributed by atoms with van der Waals surface area (Å²) < 4.78 is 1.21. The average molecular weight is 332 g/mol. The van der Waals surface area contributed by atoms with Gasteiger partial charge in [0.1, 0.15) is 0 Å². The Hall–Kier alpha value is -1.12. The molecule has 0 fully saturated rings. The quantitative estimate of drug-likeness (QED) is 0.720. The summed E-state index contributed by atoms with van der Waals surface area (Å²) >= 11 is 3.69. The van der Waals surface area contributed by atoms with Gasteiger partial charge in [-0.1, -0.05) is 71.4 Å². The lowest BCUT2D eigenvalue weighted by atomic mass is 9.92. The molecule has 0 amide bonds. The summed E-state index contributed by atoms with van der Waals surface area (Å²) in [6.07, 6.45) is 2.24. The molecule has 0 bridgehead atoms. The molecule has 0 heterocycles. The molecule has 1 unspecified atom stereocenters. The van der Waals surface area contributed by atoms with E-state index in [1.807, 2.05) is 0 Å². The van der Waals surface area contributed by atoms with E-state index in [0.29, 0.717) is 5.92 Å². The standard InChI is InChI=1S/C18H22BrN/c1-2-12-20-14-16(13-15-8-4-3-5-9-15)17-10-6-7-11-18(17)19/h3-11,16,20H,2,12-14H2,1H3. The minimum atomic E-state index is 0.500. The van der Waals surface area contributed by atoms with Gasteiger partial charge in [0, 0.05) is 16.9 Å². The molecule has 2 heteroatoms. The van der Waals surface area contributed by atoms with Crippen LogP contribution in [0.1, 0.15) is 30.4 Å². The van der Waals surface area contributed by atoms with Crippen LogP contribution in [0.3, 0.4) is 0 Å². The monoisotopic (exact) mass is 331 g/mol. The Morgan fingerprint density at radius 2 is 1.70 bits per heavy atom. The zero-order valence-electron chi connectivity index (χ0n) is 12.0. The molecule has 106 valence electrons. The summed E-state index contributed by atoms with van der Waals surface area (Å²) in [4.78, 5) is 0. The first-order valence-electron chi connectivity index (χ1n) is 7.30. The molecule has 2 aromatic carbocycles. The summed E-state index contributed by atoms with van der Waals surface area (Å²) in [5.74, 6) is 0.500. The van der Waals surface area contributed by atoms with Crippen LogP contribution in [0.15, 0.2) is 59.1 Å². The van der Waals surface area contributed by atoms with Gasteiger partial charge < -0.3 is 5.32 Å². The third-order valence-electron chi connectivity index (χ3n) is 3.49. The Labute approximate surface area is 130 Å². The predicted molar refractivity (Wildman–Crippen MR) is 90.2 cm³/mol. The van der Waals surface area contributed by atoms with Crippen molar-refractivity contribution in [1.82, 2.24) is 5.32 Å². The Kier molecular flexibility index (Phi) is 6.28. The molecule has 1 N–H and O–H groups in total. The van der Waals surface area contributed by atoms with Gasteiger partial charge in [-0.25, -0.2) is 0 Å². The molecule has 0 saturated heterocycles. The van der Waals surface area contributed by atoms with Crippen molar-refractivity contribution >= 4 is 15.9 Å². The van der Waals surface area contributed by atoms with Crippen LogP contribution in [0, 0.1) is 0 Å². The van der Waals surface area contributed by atoms with Gasteiger partial charge in [-0.05, 0) is 36.6 Å². The summed E-state index contributed by atoms with van der Waals surface area (Å²) in [6, 6.07) is 19.3. The van der Waals surface area contributed by atoms with Gasteiger partial charge in [-0.15, -0.1) is 0 Å². The van der Waals surface area contributed by atoms with Gasteiger partial charge in [-0.2, -0.15) is 0 Å². The van der Waals surface area contributed by atoms with E-state index in [-0.39, 0.29) is 0 Å². The van der Waals surface area contributed by atoms with E-state index in [9.17, 15) is 0 Å². The van der Waals surface area contributed by atoms with E-state index < -0.39 is 0 Å². The third-order valence-corrected chi connectivity index (χ3v) is 4.21. The second-order valence-electron chi connectivity index (χ2n) is 5.11. The van der Waals surface area contributed by atoms with Crippen LogP contribution in [0.25, 0.3) is 0 Å². The molecule has 1 nitrogen and oxygen atoms in total. The van der Waals surface area contributed by atoms with Crippen LogP contribution < -0.4 is 5.32 Å². The maximum atomic E-state index is 3.69. The number of rotatable bonds is 7. The second kappa shape index (κ2) is 8.23. The van der Waals surface area contributed by atoms with Crippen molar-refractivity contribution in [2.75, 3.05) is 13.1 Å². The van der Waals surface area contributed by atoms with Crippen LogP contribution in [0.2, 0.25) is 0 Å². The van der Waals surface area contributed by atoms with Gasteiger partial charge in [0.15, 0.2) is 0 Å². The minimum Gasteiger partial charge on any atom is -0.316 e. The predicted octanol–water partition coefficient (Wildman–Crippen LogP) is 4.78. The fourth-order valence-electron chi connectivity index (χ4n) is 2.45. The molecule has 2 aromatic rings. The molecular formula is C18H22BrN. The van der Waals surface area contributed by atoms with E-state index in [0.717, 1.165) is 19.5 Å². The van der Waals surface area contributed by atoms with Gasteiger partial charge in [0.25, 0.3) is 0 Å². The molecule has 2 rings (SSSR count). The first kappa shape index (κ1) is 15.3. The summed E-state index contributed by atoms with van der Waals surface area (Å²) in [6.45, 7) is 4.30. The number of hydrogen-bond acceptors (Lipinski definition) is 1. The number of nitrogens with one attached hydrogen (secondary N) is 1. The smallest absolute Gasteiger partial charge is 0.0210 e. The van der Waals surface area contributed by atoms with Gasteiger partial charge >= 0.3 is 0 Å². The average Bonchev–Trinajstić information content (AvgIpc) is 2.48. The van der Waals surface area contributed by atoms with E-state index in [1.165, 1.54) is 22.0 Å². The van der Waals surface area contributed by atoms with Gasteiger partial charge in [0.05, 0.1) is 0 Å². The minimum absolute atomic E-state index is 0.500. The lowest BCUT2D eigenvalue weighted by molar-refractivity contribution is 0.575. The van der Waals surface area contributed by atoms with E-state index in [4.69, 9.17) is 0 Å². The number of hydrogen-bond donors (Lipinski definition) is 1. The summed E-state index contributed by atoms with van der Waals surface area (Å²) in [7, 11) is 0. The lowest BCUT2D eigenvalue weighted by Crippen LogP contribution is -2.24. The molecule has 20 heavy (non-hydrogen) atoms. The molecule has 0 aliphatic carbocycles. The maximum Gasteiger partial charge on any atom is 0.0210 e. The highest BCUT2D eigenvalue weighted by atomic mass is 79.9. The van der Waals surface area contributed by atoms with Crippen molar-refractivity contribution in [3.05, 3.63) is 70.2 Å². The van der Waals surface area contributed by atoms with Gasteiger partial charge in [0.2, 0.25) is 0 Å². The molecule has 0 radical (unpaired) electrons. The fraction of sp³-hybridized carbons (Fsp3) is 0.333. The van der Waals surface area contributed by atoms with Crippen molar-refractivity contribution in [3.63, 3.8) is 0 Å². The van der Waals surface area contributed by atoms with Crippen molar-refractivity contribution in [2.24, 2.45) is 0 Å². The van der Waals surface area contributed by atoms with Crippen molar-refractivity contribution in [1.29, 1.82) is 0 Å². The number of benzene rings is 2. The number of halogens is 1. The molecular weight excluding hydrogens is 310 g/mol. The van der Waals surface area contributed by atoms with Crippen LogP contribution >= 0.6 is 15.9 Å². The Balaban J connectivity index is 2.14. The molecule has 0 aliphatic heterocycles. The highest BCUT2D eigenvalue weighted by molar-refractivity contribution is 9.10. The van der Waals surface area contributed by atoms with E-state index in [2.05, 4.69) is 82.8 Å². The van der Waals surface area contributed by atoms with Crippen LogP contribution in [0.5, 0.6) is 0 Å². The summed E-state index contributed by atoms with van der Waals surface area (Å²) in [5.41, 5.74) is 2.78. The SMILES string of the molecule is CCCNCC(Cc1ccccc1)c1ccccc1Br. The molecule has 0 aliphatic rings. The Morgan fingerprint density at radius 3 is 2.40 bits per heavy atom. The zero-order valence-corrected chi connectivity index (χ0v) is 13.6. The largest absolute Gasteiger partial charge is 0.316 e. The van der Waals surface area contributed by atoms with Gasteiger partial charge in [-0.3, -0.25) is 0 Å². The molecule has 0 saturated carbocycles. The fourth-order valence-corrected chi connectivity index (χ4v) is 3.06. The van der Waals surface area contributed by atoms with Crippen molar-refractivity contribution < 1.29 is 0 Å². The highest BCUT2D eigenvalue weighted by Crippen LogP contribution is 2.27. The first-order valence-corrected chi connectivity index (χ1v) is 8.09. The van der Waals surface area contributed by atoms with Crippen molar-refractivity contribution in [3.8, 4) is 0 Å². The molecule has 1 atom stereocenters. The summed E-state index contributed by atoms with van der Waals surface area (Å²) in [5, 5.41) is 3.56. The molecule has 0 spiro atoms. The zero-order chi connectivity index (χ0) is 14.2. The van der Waals surface area contributed by atoms with Crippen LogP contribution in [-0.2, 0) is 6.42 Å². The lowest BCUT2D eigenvalue weighted by Gasteiger charge is -2.19. The van der Waals surface area contributed by atoms with Crippen LogP contribution in [-0.4, -0.2) is 13.1 Å². The van der Waals surface area contributed by atoms with Crippen LogP contribution in [0.4, 0.5) is 0 Å². The maximum absolute atomic E-state index is 3.69. The van der Waals surface area contributed by atoms with E-state index in [1.54, 1.807) is 0 Å². The topological polar surface area (TPSA) is 12.0 Å². The first-order chi connectivity index (χ1) is 9.81. The highest BCUT2D eigenvalue weighted by Gasteiger charge is 2.14. The van der Waals surface area contributed by atoms with Crippen molar-refractivity contribution in [2.45, 2.75) is 25.7 Å². The Bertz CT molecular complexity index is 510. The second-order valence-corrected chi connectivity index (χ2v) is 5.97.